The van der Waals surface area contributed by atoms with Crippen LogP contribution < -0.4 is 14.0 Å². The molecule has 0 aliphatic heterocycles. The van der Waals surface area contributed by atoms with Gasteiger partial charge in [-0.3, -0.25) is 0 Å². The third-order valence-electron chi connectivity index (χ3n) is 0.134. The Labute approximate surface area is 61.1 Å². The van der Waals surface area contributed by atoms with Crippen LogP contribution in [0.25, 0.3) is 0 Å². The second-order valence-electron chi connectivity index (χ2n) is 0.487. The Bertz CT molecular complexity index is 37.3. The third-order valence-corrected chi connectivity index (χ3v) is 1.65. The van der Waals surface area contributed by atoms with E-state index in [-0.39, 0.29) is 36.3 Å². The van der Waals surface area contributed by atoms with Crippen molar-refractivity contribution in [1.82, 2.24) is 0 Å². The number of rotatable bonds is 1. The standard InChI is InChI=1S/Ca.ClHO4/c;2-1(3,4)5/h;(H,2,3,4,5)/q+1;/p-1. The Morgan fingerprint density at radius 2 is 1.50 bits per heavy atom. The number of halogens is 1. The molecule has 1 radical (unpaired) electrons. The first-order valence-electron chi connectivity index (χ1n) is 0.906. The molecule has 0 N–H and O–H groups in total. The summed E-state index contributed by atoms with van der Waals surface area (Å²) in [5, 5.41) is 0. The van der Waals surface area contributed by atoms with E-state index in [4.69, 9.17) is 0 Å². The molecule has 6 heteroatoms. The van der Waals surface area contributed by atoms with Gasteiger partial charge in [0.2, 0.25) is 0 Å². The summed E-state index contributed by atoms with van der Waals surface area (Å²) >= 11 is 0.0212. The van der Waals surface area contributed by atoms with Crippen molar-refractivity contribution in [2.24, 2.45) is 0 Å². The van der Waals surface area contributed by atoms with Crippen LogP contribution in [0.4, 0.5) is 0 Å². The van der Waals surface area contributed by atoms with E-state index in [1.165, 1.54) is 0 Å². The van der Waals surface area contributed by atoms with Crippen molar-refractivity contribution in [1.29, 1.82) is 0 Å². The molecule has 6 heavy (non-hydrogen) atoms. The maximum atomic E-state index is 9.23. The SMILES string of the molecule is [O-][Cl+3]([O-])([O-])[O][Ca]. The second-order valence-corrected chi connectivity index (χ2v) is 2.48. The summed E-state index contributed by atoms with van der Waals surface area (Å²) in [5.41, 5.74) is 0. The van der Waals surface area contributed by atoms with Gasteiger partial charge in [0, 0.05) is 0 Å². The van der Waals surface area contributed by atoms with E-state index >= 15 is 0 Å². The first-order chi connectivity index (χ1) is 2.56. The molecule has 0 saturated heterocycles. The second kappa shape index (κ2) is 2.64. The summed E-state index contributed by atoms with van der Waals surface area (Å²) < 4.78 is 31.1. The van der Waals surface area contributed by atoms with Crippen LogP contribution in [-0.2, 0) is 0.997 Å². The predicted octanol–water partition coefficient (Wildman–Crippen LogP) is -4.02. The van der Waals surface area contributed by atoms with Gasteiger partial charge in [0.1, 0.15) is 0 Å². The Morgan fingerprint density at radius 3 is 1.50 bits per heavy atom. The first-order valence-corrected chi connectivity index (χ1v) is 3.04. The normalized spacial score (nSPS) is 11.7. The average Bonchev–Trinajstić information content (AvgIpc) is 1.35. The Kier molecular flexibility index (Phi) is 3.25. The van der Waals surface area contributed by atoms with Gasteiger partial charge in [-0.15, -0.1) is 0 Å². The van der Waals surface area contributed by atoms with Crippen LogP contribution in [-0.4, -0.2) is 36.3 Å². The van der Waals surface area contributed by atoms with Crippen LogP contribution in [0.3, 0.4) is 0 Å². The van der Waals surface area contributed by atoms with Gasteiger partial charge in [0.05, 0.1) is 0 Å². The molecule has 4 nitrogen and oxygen atoms in total. The Hall–Kier alpha value is 1.39. The molecule has 0 bridgehead atoms. The van der Waals surface area contributed by atoms with Gasteiger partial charge in [-0.25, -0.2) is 0 Å². The van der Waals surface area contributed by atoms with Gasteiger partial charge in [-0.2, -0.15) is 0 Å². The van der Waals surface area contributed by atoms with Crippen molar-refractivity contribution in [3.63, 3.8) is 0 Å². The summed E-state index contributed by atoms with van der Waals surface area (Å²) in [6.07, 6.45) is 0. The van der Waals surface area contributed by atoms with E-state index in [9.17, 15) is 14.0 Å². The van der Waals surface area contributed by atoms with Crippen LogP contribution >= 0.6 is 0 Å². The molecule has 0 aromatic carbocycles. The van der Waals surface area contributed by atoms with E-state index in [1.54, 1.807) is 0 Å². The van der Waals surface area contributed by atoms with Crippen LogP contribution in [0.1, 0.15) is 0 Å². The van der Waals surface area contributed by atoms with E-state index in [0.717, 1.165) is 0 Å². The first kappa shape index (κ1) is 7.39. The predicted molar refractivity (Wildman–Crippen MR) is 6.84 cm³/mol. The van der Waals surface area contributed by atoms with Crippen molar-refractivity contribution in [3.8, 4) is 0 Å². The molecule has 0 amide bonds. The van der Waals surface area contributed by atoms with Gasteiger partial charge in [0.25, 0.3) is 0 Å². The quantitative estimate of drug-likeness (QED) is 0.347. The van der Waals surface area contributed by atoms with Crippen LogP contribution in [0, 0.1) is 10.2 Å². The summed E-state index contributed by atoms with van der Waals surface area (Å²) in [6, 6.07) is 0. The van der Waals surface area contributed by atoms with E-state index in [1.807, 2.05) is 0 Å². The van der Waals surface area contributed by atoms with Crippen LogP contribution in [0.5, 0.6) is 0 Å². The number of hydrogen-bond donors (Lipinski definition) is 0. The molecular weight excluding hydrogens is 140 g/mol. The molecule has 0 spiro atoms. The minimum absolute atomic E-state index is 0.0212. The maximum absolute atomic E-state index is 9.23. The van der Waals surface area contributed by atoms with Gasteiger partial charge in [-0.1, -0.05) is 0 Å². The van der Waals surface area contributed by atoms with Crippen LogP contribution in [0.2, 0.25) is 0 Å². The average molecular weight is 140 g/mol. The zero-order valence-electron chi connectivity index (χ0n) is 2.72. The van der Waals surface area contributed by atoms with Crippen molar-refractivity contribution < 1.29 is 25.2 Å². The molecule has 0 aromatic rings. The fourth-order valence-electron chi connectivity index (χ4n) is 0. The summed E-state index contributed by atoms with van der Waals surface area (Å²) in [7, 11) is -4.12. The molecule has 0 aromatic heterocycles. The molecule has 0 fully saturated rings. The molecule has 0 aliphatic rings. The molecule has 0 unspecified atom stereocenters. The topological polar surface area (TPSA) is 78.4 Å². The monoisotopic (exact) mass is 139 g/mol. The molecule has 0 rings (SSSR count). The van der Waals surface area contributed by atoms with Crippen molar-refractivity contribution in [2.75, 3.05) is 0 Å². The van der Waals surface area contributed by atoms with Crippen molar-refractivity contribution in [3.05, 3.63) is 0 Å². The van der Waals surface area contributed by atoms with Gasteiger partial charge >= 0.3 is 61.6 Å². The zero-order valence-corrected chi connectivity index (χ0v) is 5.68. The summed E-state index contributed by atoms with van der Waals surface area (Å²) in [6.45, 7) is 0. The molecule has 0 aliphatic carbocycles. The van der Waals surface area contributed by atoms with Gasteiger partial charge in [-0.05, 0) is 0 Å². The fraction of sp³-hybridized carbons (Fsp3) is 0. The van der Waals surface area contributed by atoms with E-state index in [0.29, 0.717) is 0 Å². The van der Waals surface area contributed by atoms with Gasteiger partial charge in [0.15, 0.2) is 0 Å². The Balaban J connectivity index is 3.17. The molecule has 0 atom stereocenters. The van der Waals surface area contributed by atoms with Crippen LogP contribution in [0.15, 0.2) is 0 Å². The third kappa shape index (κ3) is 5.39. The molecule has 0 saturated carbocycles. The zero-order chi connectivity index (χ0) is 5.21. The number of hydrogen-bond acceptors (Lipinski definition) is 4. The van der Waals surface area contributed by atoms with Gasteiger partial charge < -0.3 is 0 Å². The minimum atomic E-state index is -4.12. The van der Waals surface area contributed by atoms with Crippen molar-refractivity contribution >= 4 is 36.3 Å². The fourth-order valence-corrected chi connectivity index (χ4v) is 0. The Morgan fingerprint density at radius 1 is 1.33 bits per heavy atom. The molecule has 0 heterocycles. The summed E-state index contributed by atoms with van der Waals surface area (Å²) in [4.78, 5) is 0. The van der Waals surface area contributed by atoms with E-state index in [2.05, 4.69) is 0.997 Å². The van der Waals surface area contributed by atoms with E-state index < -0.39 is 10.2 Å². The molecular formula is CaClO4. The summed E-state index contributed by atoms with van der Waals surface area (Å²) in [5.74, 6) is 0. The van der Waals surface area contributed by atoms with Crippen molar-refractivity contribution in [2.45, 2.75) is 0 Å². The molecule has 33 valence electrons.